The summed E-state index contributed by atoms with van der Waals surface area (Å²) in [6.07, 6.45) is 1.56. The number of ether oxygens (including phenoxy) is 1. The molecule has 1 aliphatic rings. The number of fused-ring (bicyclic) bond motifs is 1. The molecule has 3 aromatic rings. The lowest BCUT2D eigenvalue weighted by molar-refractivity contribution is -0.128. The van der Waals surface area contributed by atoms with Crippen molar-refractivity contribution in [1.29, 1.82) is 0 Å². The number of methoxy groups -OCH3 is 1. The maximum atomic E-state index is 12.5. The molecule has 1 aliphatic heterocycles. The highest BCUT2D eigenvalue weighted by Crippen LogP contribution is 2.32. The van der Waals surface area contributed by atoms with Gasteiger partial charge in [0.15, 0.2) is 5.13 Å². The van der Waals surface area contributed by atoms with Crippen LogP contribution in [0.2, 0.25) is 0 Å². The van der Waals surface area contributed by atoms with E-state index >= 15 is 0 Å². The van der Waals surface area contributed by atoms with Crippen molar-refractivity contribution in [2.45, 2.75) is 19.4 Å². The highest BCUT2D eigenvalue weighted by Gasteiger charge is 2.20. The van der Waals surface area contributed by atoms with Crippen molar-refractivity contribution in [3.63, 3.8) is 0 Å². The van der Waals surface area contributed by atoms with Crippen molar-refractivity contribution in [3.05, 3.63) is 53.6 Å². The Morgan fingerprint density at radius 1 is 1.26 bits per heavy atom. The molecule has 138 valence electrons. The molecule has 2 aromatic carbocycles. The first-order chi connectivity index (χ1) is 13.1. The van der Waals surface area contributed by atoms with Crippen molar-refractivity contribution >= 4 is 38.5 Å². The van der Waals surface area contributed by atoms with Crippen LogP contribution in [0, 0.1) is 0 Å². The average Bonchev–Trinajstić information content (AvgIpc) is 3.27. The zero-order valence-corrected chi connectivity index (χ0v) is 15.7. The van der Waals surface area contributed by atoms with Gasteiger partial charge in [-0.2, -0.15) is 0 Å². The molecule has 1 saturated heterocycles. The molecular weight excluding hydrogens is 362 g/mol. The molecule has 0 atom stereocenters. The summed E-state index contributed by atoms with van der Waals surface area (Å²) in [6, 6.07) is 13.0. The molecule has 0 bridgehead atoms. The van der Waals surface area contributed by atoms with Gasteiger partial charge in [-0.25, -0.2) is 4.98 Å². The van der Waals surface area contributed by atoms with Crippen molar-refractivity contribution < 1.29 is 14.3 Å². The summed E-state index contributed by atoms with van der Waals surface area (Å²) in [5.74, 6) is 0.671. The lowest BCUT2D eigenvalue weighted by Crippen LogP contribution is -2.23. The second kappa shape index (κ2) is 7.36. The number of carbonyl (C=O) groups excluding carboxylic acids is 2. The van der Waals surface area contributed by atoms with Crippen molar-refractivity contribution in [3.8, 4) is 5.75 Å². The van der Waals surface area contributed by atoms with E-state index < -0.39 is 0 Å². The van der Waals surface area contributed by atoms with E-state index in [1.165, 1.54) is 11.3 Å². The molecule has 2 heterocycles. The third kappa shape index (κ3) is 3.64. The predicted octanol–water partition coefficient (Wildman–Crippen LogP) is 3.68. The number of carbonyl (C=O) groups is 2. The molecule has 1 aromatic heterocycles. The Bertz CT molecular complexity index is 997. The Kier molecular flexibility index (Phi) is 4.77. The van der Waals surface area contributed by atoms with E-state index in [1.54, 1.807) is 19.2 Å². The second-order valence-corrected chi connectivity index (χ2v) is 7.43. The van der Waals surface area contributed by atoms with Crippen LogP contribution >= 0.6 is 11.3 Å². The van der Waals surface area contributed by atoms with E-state index in [2.05, 4.69) is 10.3 Å². The van der Waals surface area contributed by atoms with Gasteiger partial charge in [0.1, 0.15) is 11.3 Å². The first-order valence-corrected chi connectivity index (χ1v) is 9.57. The fourth-order valence-corrected chi connectivity index (χ4v) is 4.04. The number of nitrogens with one attached hydrogen (secondary N) is 1. The smallest absolute Gasteiger partial charge is 0.257 e. The first kappa shape index (κ1) is 17.5. The van der Waals surface area contributed by atoms with Gasteiger partial charge >= 0.3 is 0 Å². The van der Waals surface area contributed by atoms with Crippen LogP contribution in [0.3, 0.4) is 0 Å². The summed E-state index contributed by atoms with van der Waals surface area (Å²) >= 11 is 1.41. The van der Waals surface area contributed by atoms with Gasteiger partial charge in [0.25, 0.3) is 5.91 Å². The van der Waals surface area contributed by atoms with Crippen LogP contribution < -0.4 is 10.1 Å². The zero-order chi connectivity index (χ0) is 18.8. The summed E-state index contributed by atoms with van der Waals surface area (Å²) in [6.45, 7) is 1.40. The molecule has 1 N–H and O–H groups in total. The Morgan fingerprint density at radius 3 is 2.78 bits per heavy atom. The molecule has 1 fully saturated rings. The quantitative estimate of drug-likeness (QED) is 0.732. The normalized spacial score (nSPS) is 14.0. The van der Waals surface area contributed by atoms with Crippen molar-refractivity contribution in [1.82, 2.24) is 9.88 Å². The average molecular weight is 381 g/mol. The molecule has 27 heavy (non-hydrogen) atoms. The van der Waals surface area contributed by atoms with Gasteiger partial charge in [0.2, 0.25) is 5.91 Å². The van der Waals surface area contributed by atoms with Crippen LogP contribution in [-0.4, -0.2) is 35.4 Å². The van der Waals surface area contributed by atoms with Crippen molar-refractivity contribution in [2.24, 2.45) is 0 Å². The Morgan fingerprint density at radius 2 is 2.07 bits per heavy atom. The molecule has 0 spiro atoms. The summed E-state index contributed by atoms with van der Waals surface area (Å²) in [4.78, 5) is 30.5. The number of likely N-dealkylation sites (tertiary alicyclic amines) is 1. The first-order valence-electron chi connectivity index (χ1n) is 8.75. The summed E-state index contributed by atoms with van der Waals surface area (Å²) in [7, 11) is 1.60. The SMILES string of the molecule is COc1cccc2sc(NC(=O)c3ccc(CN4CCCC4=O)cc3)nc12. The molecule has 6 nitrogen and oxygen atoms in total. The number of rotatable bonds is 5. The van der Waals surface area contributed by atoms with Crippen LogP contribution in [0.4, 0.5) is 5.13 Å². The number of benzene rings is 2. The number of hydrogen-bond donors (Lipinski definition) is 1. The lowest BCUT2D eigenvalue weighted by atomic mass is 10.1. The Balaban J connectivity index is 1.46. The molecule has 0 unspecified atom stereocenters. The van der Waals surface area contributed by atoms with Gasteiger partial charge < -0.3 is 9.64 Å². The van der Waals surface area contributed by atoms with Crippen LogP contribution in [-0.2, 0) is 11.3 Å². The minimum absolute atomic E-state index is 0.197. The van der Waals surface area contributed by atoms with E-state index in [-0.39, 0.29) is 11.8 Å². The number of anilines is 1. The van der Waals surface area contributed by atoms with Crippen LogP contribution in [0.25, 0.3) is 10.2 Å². The monoisotopic (exact) mass is 381 g/mol. The molecule has 2 amide bonds. The fraction of sp³-hybridized carbons (Fsp3) is 0.250. The topological polar surface area (TPSA) is 71.5 Å². The molecule has 4 rings (SSSR count). The van der Waals surface area contributed by atoms with Gasteiger partial charge in [-0.15, -0.1) is 0 Å². The second-order valence-electron chi connectivity index (χ2n) is 6.40. The highest BCUT2D eigenvalue weighted by molar-refractivity contribution is 7.22. The maximum Gasteiger partial charge on any atom is 0.257 e. The van der Waals surface area contributed by atoms with E-state index in [0.717, 1.165) is 28.7 Å². The predicted molar refractivity (Wildman–Crippen MR) is 105 cm³/mol. The summed E-state index contributed by atoms with van der Waals surface area (Å²) in [5, 5.41) is 3.38. The van der Waals surface area contributed by atoms with E-state index in [1.807, 2.05) is 35.2 Å². The largest absolute Gasteiger partial charge is 0.494 e. The number of para-hydroxylation sites is 1. The Labute approximate surface area is 160 Å². The molecule has 0 saturated carbocycles. The van der Waals surface area contributed by atoms with E-state index in [0.29, 0.717) is 29.4 Å². The number of hydrogen-bond acceptors (Lipinski definition) is 5. The minimum Gasteiger partial charge on any atom is -0.494 e. The minimum atomic E-state index is -0.211. The molecule has 0 radical (unpaired) electrons. The summed E-state index contributed by atoms with van der Waals surface area (Å²) < 4.78 is 6.26. The van der Waals surface area contributed by atoms with E-state index in [9.17, 15) is 9.59 Å². The molecule has 0 aliphatic carbocycles. The zero-order valence-electron chi connectivity index (χ0n) is 14.9. The van der Waals surface area contributed by atoms with Gasteiger partial charge in [-0.1, -0.05) is 29.5 Å². The molecular formula is C20H19N3O3S. The highest BCUT2D eigenvalue weighted by atomic mass is 32.1. The number of amides is 2. The number of thiazole rings is 1. The number of nitrogens with zero attached hydrogens (tertiary/aromatic N) is 2. The molecule has 7 heteroatoms. The summed E-state index contributed by atoms with van der Waals surface area (Å²) in [5.41, 5.74) is 2.31. The van der Waals surface area contributed by atoms with Gasteiger partial charge in [0.05, 0.1) is 11.8 Å². The van der Waals surface area contributed by atoms with Crippen LogP contribution in [0.5, 0.6) is 5.75 Å². The maximum absolute atomic E-state index is 12.5. The Hall–Kier alpha value is -2.93. The van der Waals surface area contributed by atoms with Gasteiger partial charge in [0, 0.05) is 25.1 Å². The third-order valence-corrected chi connectivity index (χ3v) is 5.52. The lowest BCUT2D eigenvalue weighted by Gasteiger charge is -2.15. The fourth-order valence-electron chi connectivity index (χ4n) is 3.16. The van der Waals surface area contributed by atoms with E-state index in [4.69, 9.17) is 4.74 Å². The van der Waals surface area contributed by atoms with Crippen LogP contribution in [0.15, 0.2) is 42.5 Å². The van der Waals surface area contributed by atoms with Gasteiger partial charge in [-0.3, -0.25) is 14.9 Å². The van der Waals surface area contributed by atoms with Crippen molar-refractivity contribution in [2.75, 3.05) is 19.0 Å². The standard InChI is InChI=1S/C20H19N3O3S/c1-26-15-4-2-5-16-18(15)21-20(27-16)22-19(25)14-9-7-13(8-10-14)12-23-11-3-6-17(23)24/h2,4-5,7-10H,3,6,11-12H2,1H3,(H,21,22,25). The third-order valence-electron chi connectivity index (χ3n) is 4.58. The van der Waals surface area contributed by atoms with Gasteiger partial charge in [-0.05, 0) is 36.2 Å². The number of aromatic nitrogens is 1. The van der Waals surface area contributed by atoms with Crippen LogP contribution in [0.1, 0.15) is 28.8 Å².